The molecular formula is C93H127N21O19S. The zero-order chi connectivity index (χ0) is 97.5. The maximum Gasteiger partial charge on any atom is 0.247 e. The first-order chi connectivity index (χ1) is 63.9. The Morgan fingerprint density at radius 2 is 1.07 bits per heavy atom. The molecule has 0 saturated carbocycles. The van der Waals surface area contributed by atoms with E-state index < -0.39 is 228 Å². The molecular weight excluding hydrogens is 1750 g/mol. The zero-order valence-corrected chi connectivity index (χ0v) is 77.6. The molecule has 41 heteroatoms. The van der Waals surface area contributed by atoms with E-state index >= 15 is 38.4 Å². The molecule has 0 bridgehead atoms. The number of aromatic amines is 2. The number of fused-ring (bicyclic) bond motifs is 5. The van der Waals surface area contributed by atoms with Crippen molar-refractivity contribution in [3.63, 3.8) is 0 Å². The molecule has 724 valence electrons. The van der Waals surface area contributed by atoms with Gasteiger partial charge in [-0.3, -0.25) is 81.5 Å². The van der Waals surface area contributed by atoms with E-state index in [0.29, 0.717) is 75.3 Å². The highest BCUT2D eigenvalue weighted by molar-refractivity contribution is 8.00. The standard InChI is InChI=1S/C93H127N21O19S/c1-9-11-26-72-86(127)109-93(42-54-20-13-14-21-55(54)43-93)92(133)108-71(80(121)100-47-77(97)118)49-134-50-78(119)101-67(37-53-29-31-58(115)32-30-53)87(128)110(6)52(5)79(120)104-69(41-76(96)117)89(130)113-35-19-28-73(113)84(125)107-70(44-95)83(124)105-66(36-51(3)4)90(131)114-48-59(116)40-75(114)85(126)103-65(38-56-45-98-62-24-17-15-22-60(56)62)82(123)102-64(33-34-94)81(122)106-68(39-57-46-99-63-25-18-16-23-61(57)63)88(129)112(8)74(27-12-10-2)91(132)111(72)7/h13-18,20-25,29-32,45-46,51-52,59,64-75,98-99,115-116H,9-12,19,26-28,33-44,47-50,94-95H2,1-8H3,(H2,96,117)(H2,97,118)(H,100,121)(H,101,119)(H,102,123)(H,103,126)(H,104,120)(H,105,124)(H,106,122)(H,107,125)(H,108,133)(H,109,127)/t52-,59+,64-,65-,66-,67-,68-,69-,70-,71-,72-,73-,74-,75-/m0/s1. The normalized spacial score (nSPS) is 25.1. The number of hydrogen-bond donors (Lipinski definition) is 18. The van der Waals surface area contributed by atoms with E-state index in [9.17, 15) is 53.4 Å². The predicted octanol–water partition coefficient (Wildman–Crippen LogP) is -1.67. The van der Waals surface area contributed by atoms with Gasteiger partial charge in [-0.2, -0.15) is 0 Å². The van der Waals surface area contributed by atoms with Crippen molar-refractivity contribution in [1.82, 2.24) is 87.6 Å². The summed E-state index contributed by atoms with van der Waals surface area (Å²) in [6.07, 6.45) is 1.50. The molecule has 5 heterocycles. The number of nitrogens with one attached hydrogen (secondary N) is 12. The molecule has 4 aliphatic rings. The Kier molecular flexibility index (Phi) is 36.6. The van der Waals surface area contributed by atoms with E-state index in [-0.39, 0.29) is 102 Å². The first kappa shape index (κ1) is 103. The number of nitrogens with two attached hydrogens (primary N) is 4. The molecule has 3 aliphatic heterocycles. The molecule has 1 aliphatic carbocycles. The summed E-state index contributed by atoms with van der Waals surface area (Å²) in [6.45, 7) is 6.50. The van der Waals surface area contributed by atoms with Crippen molar-refractivity contribution >= 4 is 134 Å². The van der Waals surface area contributed by atoms with Gasteiger partial charge in [0.15, 0.2) is 0 Å². The van der Waals surface area contributed by atoms with Crippen molar-refractivity contribution in [3.8, 4) is 5.75 Å². The van der Waals surface area contributed by atoms with Crippen LogP contribution in [0.4, 0.5) is 0 Å². The smallest absolute Gasteiger partial charge is 0.247 e. The Hall–Kier alpha value is -13.0. The zero-order valence-electron chi connectivity index (χ0n) is 76.8. The van der Waals surface area contributed by atoms with E-state index in [2.05, 4.69) is 63.1 Å². The third kappa shape index (κ3) is 26.3. The number of aliphatic hydroxyl groups excluding tert-OH is 1. The Balaban J connectivity index is 1.02. The maximum atomic E-state index is 15.9. The van der Waals surface area contributed by atoms with Crippen LogP contribution in [0.15, 0.2) is 109 Å². The highest BCUT2D eigenvalue weighted by atomic mass is 32.2. The molecule has 14 atom stereocenters. The fourth-order valence-electron chi connectivity index (χ4n) is 17.6. The molecule has 3 fully saturated rings. The number of nitrogens with zero attached hydrogens (tertiary/aromatic N) is 5. The van der Waals surface area contributed by atoms with E-state index in [1.165, 1.54) is 62.1 Å². The number of hydrogen-bond acceptors (Lipinski definition) is 22. The lowest BCUT2D eigenvalue weighted by Crippen LogP contribution is -2.66. The third-order valence-corrected chi connectivity index (χ3v) is 26.2. The van der Waals surface area contributed by atoms with E-state index in [1.807, 2.05) is 26.0 Å². The van der Waals surface area contributed by atoms with Crippen molar-refractivity contribution in [2.75, 3.05) is 65.4 Å². The van der Waals surface area contributed by atoms with Crippen molar-refractivity contribution < 1.29 is 91.7 Å². The van der Waals surface area contributed by atoms with E-state index in [0.717, 1.165) is 26.5 Å². The number of likely N-dealkylation sites (N-methyl/N-ethyl adjacent to an activating group) is 3. The van der Waals surface area contributed by atoms with E-state index in [4.69, 9.17) is 22.9 Å². The average molecular weight is 1880 g/mol. The lowest BCUT2D eigenvalue weighted by atomic mass is 9.92. The molecule has 22 N–H and O–H groups in total. The van der Waals surface area contributed by atoms with Crippen LogP contribution in [-0.2, 0) is 114 Å². The Bertz CT molecular complexity index is 5250. The van der Waals surface area contributed by atoms with Crippen molar-refractivity contribution in [3.05, 3.63) is 137 Å². The lowest BCUT2D eigenvalue weighted by molar-refractivity contribution is -0.150. The molecule has 4 aromatic carbocycles. The number of phenols is 1. The van der Waals surface area contributed by atoms with Gasteiger partial charge in [0.1, 0.15) is 89.8 Å². The van der Waals surface area contributed by atoms with Crippen LogP contribution in [0.25, 0.3) is 21.8 Å². The highest BCUT2D eigenvalue weighted by Gasteiger charge is 2.50. The molecule has 134 heavy (non-hydrogen) atoms. The van der Waals surface area contributed by atoms with Crippen LogP contribution in [-0.4, -0.2) is 301 Å². The summed E-state index contributed by atoms with van der Waals surface area (Å²) in [7, 11) is 4.04. The molecule has 40 nitrogen and oxygen atoms in total. The Morgan fingerprint density at radius 3 is 1.66 bits per heavy atom. The minimum atomic E-state index is -1.91. The number of para-hydroxylation sites is 2. The number of aromatic hydroxyl groups is 1. The number of benzene rings is 4. The molecule has 6 aromatic rings. The summed E-state index contributed by atoms with van der Waals surface area (Å²) in [6, 6.07) is 7.35. The number of carbonyl (C=O) groups excluding carboxylic acids is 17. The molecule has 17 amide bonds. The number of primary amides is 2. The number of unbranched alkanes of at least 4 members (excludes halogenated alkanes) is 2. The summed E-state index contributed by atoms with van der Waals surface area (Å²) in [5, 5.41) is 50.2. The van der Waals surface area contributed by atoms with Gasteiger partial charge in [-0.1, -0.05) is 126 Å². The van der Waals surface area contributed by atoms with Crippen LogP contribution < -0.4 is 76.1 Å². The molecule has 1 spiro atoms. The molecule has 10 rings (SSSR count). The van der Waals surface area contributed by atoms with Gasteiger partial charge in [-0.15, -0.1) is 11.8 Å². The van der Waals surface area contributed by atoms with Crippen LogP contribution in [0.1, 0.15) is 139 Å². The average Bonchev–Trinajstić information content (AvgIpc) is 1.61. The van der Waals surface area contributed by atoms with Crippen LogP contribution in [0.2, 0.25) is 0 Å². The van der Waals surface area contributed by atoms with E-state index in [1.54, 1.807) is 86.9 Å². The summed E-state index contributed by atoms with van der Waals surface area (Å²) < 4.78 is 0. The second-order valence-corrected chi connectivity index (χ2v) is 36.5. The van der Waals surface area contributed by atoms with Crippen LogP contribution >= 0.6 is 11.8 Å². The summed E-state index contributed by atoms with van der Waals surface area (Å²) in [5.74, 6) is -16.7. The fraction of sp³-hybridized carbons (Fsp3) is 0.516. The number of aromatic nitrogens is 2. The van der Waals surface area contributed by atoms with Crippen LogP contribution in [0, 0.1) is 5.92 Å². The van der Waals surface area contributed by atoms with Gasteiger partial charge in [-0.05, 0) is 110 Å². The van der Waals surface area contributed by atoms with Crippen molar-refractivity contribution in [2.24, 2.45) is 28.9 Å². The van der Waals surface area contributed by atoms with Crippen molar-refractivity contribution in [2.45, 2.75) is 234 Å². The summed E-state index contributed by atoms with van der Waals surface area (Å²) in [5.41, 5.74) is 25.9. The number of carbonyl (C=O) groups is 17. The maximum absolute atomic E-state index is 15.9. The number of phenolic OH excluding ortho intramolecular Hbond substituents is 1. The SMILES string of the molecule is CCCC[C@H]1C(=O)N(C)[C@@H](CCCC)C(=O)NC2(Cc3ccccc3C2)C(=O)N[C@H](C(=O)NCC(N)=O)CSCC(=O)N[C@@H](Cc2ccc(O)cc2)C(=O)N(C)[C@@H](C)C(=O)N[C@@H](CC(N)=O)C(=O)N2CCC[C@H]2C(=O)N[C@@H](CN)C(=O)N[C@@H](CC(C)C)C(=O)N2C[C@H](O)C[C@H]2C(=O)N[C@@H](Cc2c[nH]c3ccccc23)C(=O)N[C@@H](CCN)C(=O)N[C@@H](Cc2c[nH]c3ccccc23)C(=O)N1C. The van der Waals surface area contributed by atoms with Crippen LogP contribution in [0.5, 0.6) is 5.75 Å². The lowest BCUT2D eigenvalue weighted by Gasteiger charge is -2.38. The predicted molar refractivity (Wildman–Crippen MR) is 497 cm³/mol. The number of H-pyrrole nitrogens is 2. The molecule has 0 radical (unpaired) electrons. The first-order valence-corrected chi connectivity index (χ1v) is 46.6. The minimum Gasteiger partial charge on any atom is -0.508 e. The second-order valence-electron chi connectivity index (χ2n) is 35.4. The minimum absolute atomic E-state index is 0.00612. The quantitative estimate of drug-likeness (QED) is 0.0361. The number of amides is 17. The number of aliphatic hydroxyl groups is 1. The highest BCUT2D eigenvalue weighted by Crippen LogP contribution is 2.33. The van der Waals surface area contributed by atoms with Gasteiger partial charge in [0.2, 0.25) is 100 Å². The van der Waals surface area contributed by atoms with Crippen LogP contribution in [0.3, 0.4) is 0 Å². The monoisotopic (exact) mass is 1870 g/mol. The van der Waals surface area contributed by atoms with Gasteiger partial charge in [0.25, 0.3) is 0 Å². The Labute approximate surface area is 780 Å². The first-order valence-electron chi connectivity index (χ1n) is 45.5. The van der Waals surface area contributed by atoms with Gasteiger partial charge in [-0.25, -0.2) is 0 Å². The molecule has 3 saturated heterocycles. The molecule has 0 unspecified atom stereocenters. The Morgan fingerprint density at radius 1 is 0.545 bits per heavy atom. The molecule has 2 aromatic heterocycles. The third-order valence-electron chi connectivity index (χ3n) is 25.1. The van der Waals surface area contributed by atoms with Gasteiger partial charge >= 0.3 is 0 Å². The number of thioether (sulfide) groups is 1. The number of rotatable bonds is 22. The largest absolute Gasteiger partial charge is 0.508 e. The van der Waals surface area contributed by atoms with Gasteiger partial charge in [0.05, 0.1) is 24.8 Å². The van der Waals surface area contributed by atoms with Gasteiger partial charge in [0, 0.05) is 119 Å². The second kappa shape index (κ2) is 47.6. The fourth-order valence-corrected chi connectivity index (χ4v) is 18.5. The van der Waals surface area contributed by atoms with Crippen molar-refractivity contribution in [1.29, 1.82) is 0 Å². The summed E-state index contributed by atoms with van der Waals surface area (Å²) in [4.78, 5) is 264. The van der Waals surface area contributed by atoms with Gasteiger partial charge < -0.3 is 121 Å². The topological polar surface area (TPSA) is 603 Å². The summed E-state index contributed by atoms with van der Waals surface area (Å²) >= 11 is 0.805.